The van der Waals surface area contributed by atoms with E-state index in [4.69, 9.17) is 4.74 Å². The molecule has 1 fully saturated rings. The minimum atomic E-state index is -0.651. The van der Waals surface area contributed by atoms with Crippen LogP contribution in [0.3, 0.4) is 0 Å². The highest BCUT2D eigenvalue weighted by Gasteiger charge is 2.38. The Kier molecular flexibility index (Phi) is 5.55. The third-order valence-corrected chi connectivity index (χ3v) is 5.80. The molecular weight excluding hydrogens is 355 g/mol. The van der Waals surface area contributed by atoms with E-state index in [1.165, 1.54) is 17.2 Å². The molecule has 152 valence electrons. The lowest BCUT2D eigenvalue weighted by Crippen LogP contribution is -2.32. The number of halogens is 1. The Labute approximate surface area is 167 Å². The SMILES string of the molecule is Cc1cc(C2=C(C=C[C@H]3C[C@H](O)CC(=O)O3)C(C)(C)CC(C)(C)C2)ccc1F. The number of rotatable bonds is 3. The van der Waals surface area contributed by atoms with Crippen LogP contribution in [0, 0.1) is 23.6 Å². The molecule has 0 aromatic heterocycles. The van der Waals surface area contributed by atoms with E-state index >= 15 is 0 Å². The summed E-state index contributed by atoms with van der Waals surface area (Å²) in [6.45, 7) is 10.8. The predicted octanol–water partition coefficient (Wildman–Crippen LogP) is 5.36. The lowest BCUT2D eigenvalue weighted by molar-refractivity contribution is -0.156. The van der Waals surface area contributed by atoms with Gasteiger partial charge in [-0.05, 0) is 71.1 Å². The van der Waals surface area contributed by atoms with Gasteiger partial charge in [0, 0.05) is 6.42 Å². The molecule has 0 amide bonds. The zero-order valence-corrected chi connectivity index (χ0v) is 17.5. The summed E-state index contributed by atoms with van der Waals surface area (Å²) < 4.78 is 19.2. The molecule has 0 radical (unpaired) electrons. The molecule has 1 aromatic rings. The van der Waals surface area contributed by atoms with E-state index in [0.29, 0.717) is 12.0 Å². The summed E-state index contributed by atoms with van der Waals surface area (Å²) >= 11 is 0. The van der Waals surface area contributed by atoms with Crippen LogP contribution < -0.4 is 0 Å². The first kappa shape index (κ1) is 20.8. The Hall–Kier alpha value is -1.94. The van der Waals surface area contributed by atoms with Crippen LogP contribution in [0.2, 0.25) is 0 Å². The van der Waals surface area contributed by atoms with E-state index < -0.39 is 12.2 Å². The summed E-state index contributed by atoms with van der Waals surface area (Å²) in [5, 5.41) is 9.86. The molecule has 1 N–H and O–H groups in total. The van der Waals surface area contributed by atoms with E-state index in [0.717, 1.165) is 18.4 Å². The van der Waals surface area contributed by atoms with Crippen LogP contribution in [-0.2, 0) is 9.53 Å². The van der Waals surface area contributed by atoms with Crippen molar-refractivity contribution in [1.82, 2.24) is 0 Å². The second-order valence-electron chi connectivity index (χ2n) is 9.74. The Morgan fingerprint density at radius 1 is 1.25 bits per heavy atom. The molecule has 28 heavy (non-hydrogen) atoms. The molecule has 1 aromatic carbocycles. The summed E-state index contributed by atoms with van der Waals surface area (Å²) in [7, 11) is 0. The number of carbonyl (C=O) groups excluding carboxylic acids is 1. The summed E-state index contributed by atoms with van der Waals surface area (Å²) in [6, 6.07) is 5.31. The molecule has 3 nitrogen and oxygen atoms in total. The molecule has 1 saturated heterocycles. The highest BCUT2D eigenvalue weighted by molar-refractivity contribution is 5.74. The van der Waals surface area contributed by atoms with E-state index in [-0.39, 0.29) is 29.0 Å². The molecule has 0 spiro atoms. The molecule has 0 saturated carbocycles. The number of aliphatic hydroxyl groups is 1. The summed E-state index contributed by atoms with van der Waals surface area (Å²) in [5.74, 6) is -0.556. The van der Waals surface area contributed by atoms with E-state index in [1.807, 2.05) is 18.2 Å². The van der Waals surface area contributed by atoms with Crippen LogP contribution in [0.1, 0.15) is 64.5 Å². The van der Waals surface area contributed by atoms with Gasteiger partial charge in [-0.1, -0.05) is 39.8 Å². The van der Waals surface area contributed by atoms with Gasteiger partial charge in [-0.2, -0.15) is 0 Å². The van der Waals surface area contributed by atoms with E-state index in [9.17, 15) is 14.3 Å². The van der Waals surface area contributed by atoms with Gasteiger partial charge < -0.3 is 9.84 Å². The topological polar surface area (TPSA) is 46.5 Å². The average Bonchev–Trinajstić information content (AvgIpc) is 2.53. The zero-order valence-electron chi connectivity index (χ0n) is 17.5. The van der Waals surface area contributed by atoms with Crippen molar-refractivity contribution in [2.24, 2.45) is 10.8 Å². The van der Waals surface area contributed by atoms with Crippen molar-refractivity contribution in [2.75, 3.05) is 0 Å². The number of hydrogen-bond donors (Lipinski definition) is 1. The lowest BCUT2D eigenvalue weighted by Gasteiger charge is -2.43. The fourth-order valence-electron chi connectivity index (χ4n) is 4.88. The Morgan fingerprint density at radius 2 is 1.96 bits per heavy atom. The van der Waals surface area contributed by atoms with Gasteiger partial charge in [0.25, 0.3) is 0 Å². The largest absolute Gasteiger partial charge is 0.458 e. The summed E-state index contributed by atoms with van der Waals surface area (Å²) in [6.07, 6.45) is 5.29. The van der Waals surface area contributed by atoms with E-state index in [1.54, 1.807) is 6.92 Å². The number of allylic oxidation sites excluding steroid dienone is 3. The monoisotopic (exact) mass is 386 g/mol. The second-order valence-corrected chi connectivity index (χ2v) is 9.74. The minimum Gasteiger partial charge on any atom is -0.458 e. The van der Waals surface area contributed by atoms with Gasteiger partial charge in [-0.25, -0.2) is 4.39 Å². The van der Waals surface area contributed by atoms with Gasteiger partial charge in [0.1, 0.15) is 11.9 Å². The van der Waals surface area contributed by atoms with Crippen molar-refractivity contribution >= 4 is 11.5 Å². The Morgan fingerprint density at radius 3 is 2.61 bits per heavy atom. The van der Waals surface area contributed by atoms with Crippen LogP contribution in [-0.4, -0.2) is 23.3 Å². The Bertz CT molecular complexity index is 832. The highest BCUT2D eigenvalue weighted by atomic mass is 19.1. The first-order valence-corrected chi connectivity index (χ1v) is 10.0. The Balaban J connectivity index is 2.04. The van der Waals surface area contributed by atoms with Crippen molar-refractivity contribution in [1.29, 1.82) is 0 Å². The standard InChI is InChI=1S/C24H31FO3/c1-15-10-16(6-9-21(15)25)19-13-23(2,3)14-24(4,5)20(19)8-7-18-11-17(26)12-22(27)28-18/h6-10,17-18,26H,11-14H2,1-5H3/t17-,18-/m0/s1. The van der Waals surface area contributed by atoms with Gasteiger partial charge in [0.15, 0.2) is 0 Å². The fourth-order valence-corrected chi connectivity index (χ4v) is 4.88. The van der Waals surface area contributed by atoms with Crippen molar-refractivity contribution in [2.45, 2.75) is 72.5 Å². The maximum Gasteiger partial charge on any atom is 0.309 e. The van der Waals surface area contributed by atoms with Gasteiger partial charge >= 0.3 is 5.97 Å². The number of aliphatic hydroxyl groups excluding tert-OH is 1. The quantitative estimate of drug-likeness (QED) is 0.712. The predicted molar refractivity (Wildman–Crippen MR) is 109 cm³/mol. The second kappa shape index (κ2) is 7.47. The van der Waals surface area contributed by atoms with Crippen LogP contribution in [0.5, 0.6) is 0 Å². The first-order valence-electron chi connectivity index (χ1n) is 10.0. The van der Waals surface area contributed by atoms with Gasteiger partial charge in [0.2, 0.25) is 0 Å². The van der Waals surface area contributed by atoms with E-state index in [2.05, 4.69) is 33.8 Å². The minimum absolute atomic E-state index is 0.0623. The average molecular weight is 387 g/mol. The molecule has 2 atom stereocenters. The maximum atomic E-state index is 13.8. The van der Waals surface area contributed by atoms with Crippen LogP contribution >= 0.6 is 0 Å². The number of carbonyl (C=O) groups is 1. The van der Waals surface area contributed by atoms with Gasteiger partial charge in [-0.15, -0.1) is 0 Å². The summed E-state index contributed by atoms with van der Waals surface area (Å²) in [4.78, 5) is 11.6. The van der Waals surface area contributed by atoms with Gasteiger partial charge in [0.05, 0.1) is 12.5 Å². The van der Waals surface area contributed by atoms with Gasteiger partial charge in [-0.3, -0.25) is 4.79 Å². The molecule has 4 heteroatoms. The van der Waals surface area contributed by atoms with Crippen molar-refractivity contribution in [3.05, 3.63) is 52.9 Å². The highest BCUT2D eigenvalue weighted by Crippen LogP contribution is 2.52. The number of benzene rings is 1. The van der Waals surface area contributed by atoms with Crippen LogP contribution in [0.15, 0.2) is 35.9 Å². The normalized spacial score (nSPS) is 27.2. The van der Waals surface area contributed by atoms with Crippen molar-refractivity contribution in [3.8, 4) is 0 Å². The van der Waals surface area contributed by atoms with Crippen LogP contribution in [0.25, 0.3) is 5.57 Å². The summed E-state index contributed by atoms with van der Waals surface area (Å²) in [5.41, 5.74) is 4.13. The number of cyclic esters (lactones) is 1. The molecule has 1 heterocycles. The molecule has 0 unspecified atom stereocenters. The van der Waals surface area contributed by atoms with Crippen LogP contribution in [0.4, 0.5) is 4.39 Å². The third kappa shape index (κ3) is 4.54. The third-order valence-electron chi connectivity index (χ3n) is 5.80. The first-order chi connectivity index (χ1) is 13.0. The zero-order chi connectivity index (χ0) is 20.7. The van der Waals surface area contributed by atoms with Crippen molar-refractivity contribution in [3.63, 3.8) is 0 Å². The smallest absolute Gasteiger partial charge is 0.309 e. The molecular formula is C24H31FO3. The number of esters is 1. The molecule has 3 rings (SSSR count). The lowest BCUT2D eigenvalue weighted by atomic mass is 9.61. The number of ether oxygens (including phenoxy) is 1. The molecule has 0 bridgehead atoms. The maximum absolute atomic E-state index is 13.8. The van der Waals surface area contributed by atoms with Crippen molar-refractivity contribution < 1.29 is 19.0 Å². The number of hydrogen-bond acceptors (Lipinski definition) is 3. The molecule has 1 aliphatic carbocycles. The molecule has 1 aliphatic heterocycles. The molecule has 2 aliphatic rings. The number of aryl methyl sites for hydroxylation is 1. The fraction of sp³-hybridized carbons (Fsp3) is 0.542.